The topological polar surface area (TPSA) is 121 Å². The van der Waals surface area contributed by atoms with E-state index in [1.807, 2.05) is 13.8 Å². The Bertz CT molecular complexity index is 2100. The number of nitriles is 1. The highest BCUT2D eigenvalue weighted by Crippen LogP contribution is 2.39. The number of ether oxygens (including phenoxy) is 1. The molecule has 50 heavy (non-hydrogen) atoms. The van der Waals surface area contributed by atoms with Crippen molar-refractivity contribution in [2.75, 3.05) is 18.0 Å². The van der Waals surface area contributed by atoms with Crippen LogP contribution in [-0.4, -0.2) is 41.2 Å². The maximum absolute atomic E-state index is 13.3. The Kier molecular flexibility index (Phi) is 8.73. The highest BCUT2D eigenvalue weighted by atomic mass is 19.4. The summed E-state index contributed by atoms with van der Waals surface area (Å²) in [4.78, 5) is 35.2. The van der Waals surface area contributed by atoms with Crippen molar-refractivity contribution in [1.29, 1.82) is 5.26 Å². The van der Waals surface area contributed by atoms with E-state index < -0.39 is 41.6 Å². The molecule has 1 fully saturated rings. The van der Waals surface area contributed by atoms with Gasteiger partial charge in [0.05, 0.1) is 35.8 Å². The number of nitrogens with one attached hydrogen (secondary N) is 1. The number of amides is 2. The average molecular weight is 694 g/mol. The number of anilines is 1. The van der Waals surface area contributed by atoms with Crippen molar-refractivity contribution < 1.29 is 45.1 Å². The first-order valence-electron chi connectivity index (χ1n) is 15.1. The second-order valence-corrected chi connectivity index (χ2v) is 11.8. The van der Waals surface area contributed by atoms with Crippen LogP contribution >= 0.6 is 0 Å². The van der Waals surface area contributed by atoms with Gasteiger partial charge in [0.1, 0.15) is 17.4 Å². The number of cyclic esters (lactones) is 1. The van der Waals surface area contributed by atoms with Crippen molar-refractivity contribution in [3.05, 3.63) is 101 Å². The molecule has 5 aromatic rings. The molecular weight excluding hydrogens is 668 g/mol. The van der Waals surface area contributed by atoms with Crippen LogP contribution in [0.2, 0.25) is 0 Å². The number of alkyl halides is 6. The molecule has 2 aromatic heterocycles. The van der Waals surface area contributed by atoms with Gasteiger partial charge in [0, 0.05) is 28.5 Å². The maximum Gasteiger partial charge on any atom is 0.416 e. The summed E-state index contributed by atoms with van der Waals surface area (Å²) in [6.07, 6.45) is -10.5. The first-order chi connectivity index (χ1) is 23.6. The molecule has 3 aromatic carbocycles. The molecule has 1 saturated heterocycles. The van der Waals surface area contributed by atoms with Crippen LogP contribution in [0.3, 0.4) is 0 Å². The molecule has 1 aliphatic rings. The lowest BCUT2D eigenvalue weighted by Crippen LogP contribution is -2.34. The van der Waals surface area contributed by atoms with Gasteiger partial charge >= 0.3 is 18.4 Å². The van der Waals surface area contributed by atoms with Gasteiger partial charge in [-0.3, -0.25) is 9.69 Å². The Balaban J connectivity index is 1.09. The van der Waals surface area contributed by atoms with Crippen molar-refractivity contribution in [3.63, 3.8) is 0 Å². The molecule has 0 spiro atoms. The summed E-state index contributed by atoms with van der Waals surface area (Å²) in [5.41, 5.74) is 0.0568. The zero-order valence-electron chi connectivity index (χ0n) is 26.2. The van der Waals surface area contributed by atoms with Crippen molar-refractivity contribution in [3.8, 4) is 28.7 Å². The van der Waals surface area contributed by atoms with Gasteiger partial charge in [-0.15, -0.1) is 0 Å². The number of halogens is 6. The lowest BCUT2D eigenvalue weighted by molar-refractivity contribution is -0.143. The molecular formula is C35H25F6N5O4. The number of pyridine rings is 1. The van der Waals surface area contributed by atoms with Crippen LogP contribution in [0, 0.1) is 11.3 Å². The molecule has 0 aliphatic carbocycles. The predicted molar refractivity (Wildman–Crippen MR) is 168 cm³/mol. The second-order valence-electron chi connectivity index (χ2n) is 11.8. The molecule has 256 valence electrons. The van der Waals surface area contributed by atoms with Crippen molar-refractivity contribution in [2.45, 2.75) is 38.2 Å². The zero-order valence-corrected chi connectivity index (χ0v) is 26.2. The highest BCUT2D eigenvalue weighted by Gasteiger charge is 2.37. The molecule has 3 heterocycles. The third kappa shape index (κ3) is 6.95. The summed E-state index contributed by atoms with van der Waals surface area (Å²) in [7, 11) is 0. The number of nitrogens with zero attached hydrogens (tertiary/aromatic N) is 4. The Labute approximate surface area is 280 Å². The third-order valence-corrected chi connectivity index (χ3v) is 7.97. The van der Waals surface area contributed by atoms with Gasteiger partial charge in [0.25, 0.3) is 5.91 Å². The number of oxazole rings is 1. The summed E-state index contributed by atoms with van der Waals surface area (Å²) in [6.45, 7) is 3.88. The minimum absolute atomic E-state index is 0.0303. The number of carbonyl (C=O) groups is 2. The summed E-state index contributed by atoms with van der Waals surface area (Å²) in [5, 5.41) is 12.1. The van der Waals surface area contributed by atoms with E-state index in [0.29, 0.717) is 45.8 Å². The number of aromatic nitrogens is 2. The summed E-state index contributed by atoms with van der Waals surface area (Å²) < 4.78 is 91.1. The molecule has 1 N–H and O–H groups in total. The van der Waals surface area contributed by atoms with Gasteiger partial charge in [-0.25, -0.2) is 14.8 Å². The molecule has 0 bridgehead atoms. The predicted octanol–water partition coefficient (Wildman–Crippen LogP) is 8.34. The molecule has 15 heteroatoms. The number of rotatable bonds is 7. The smallest absolute Gasteiger partial charge is 0.416 e. The fraction of sp³-hybridized carbons (Fsp3) is 0.229. The first kappa shape index (κ1) is 34.0. The molecule has 6 rings (SSSR count). The summed E-state index contributed by atoms with van der Waals surface area (Å²) in [6, 6.07) is 15.8. The molecule has 9 nitrogen and oxygen atoms in total. The normalized spacial score (nSPS) is 15.0. The van der Waals surface area contributed by atoms with E-state index in [-0.39, 0.29) is 42.0 Å². The van der Waals surface area contributed by atoms with E-state index in [2.05, 4.69) is 21.4 Å². The van der Waals surface area contributed by atoms with Gasteiger partial charge in [-0.1, -0.05) is 13.8 Å². The fourth-order valence-electron chi connectivity index (χ4n) is 5.40. The van der Waals surface area contributed by atoms with Crippen LogP contribution in [0.4, 0.5) is 37.0 Å². The quantitative estimate of drug-likeness (QED) is 0.170. The monoisotopic (exact) mass is 693 g/mol. The summed E-state index contributed by atoms with van der Waals surface area (Å²) in [5.74, 6) is 0.0162. The minimum atomic E-state index is -5.01. The molecule has 2 amide bonds. The molecule has 1 unspecified atom stereocenters. The van der Waals surface area contributed by atoms with Gasteiger partial charge in [0.2, 0.25) is 5.89 Å². The van der Waals surface area contributed by atoms with Crippen molar-refractivity contribution in [2.24, 2.45) is 0 Å². The third-order valence-electron chi connectivity index (χ3n) is 7.97. The number of carbonyl (C=O) groups excluding carboxylic acids is 2. The molecule has 0 saturated carbocycles. The van der Waals surface area contributed by atoms with Gasteiger partial charge in [0.15, 0.2) is 5.58 Å². The van der Waals surface area contributed by atoms with E-state index in [1.54, 1.807) is 36.4 Å². The number of benzene rings is 3. The fourth-order valence-corrected chi connectivity index (χ4v) is 5.40. The van der Waals surface area contributed by atoms with Crippen LogP contribution < -0.4 is 10.2 Å². The van der Waals surface area contributed by atoms with E-state index >= 15 is 0 Å². The molecule has 1 atom stereocenters. The Hall–Kier alpha value is -5.91. The number of hydrogen-bond donors (Lipinski definition) is 1. The van der Waals surface area contributed by atoms with Crippen molar-refractivity contribution >= 4 is 28.9 Å². The second kappa shape index (κ2) is 12.8. The Morgan fingerprint density at radius 1 is 0.960 bits per heavy atom. The van der Waals surface area contributed by atoms with Crippen LogP contribution in [0.25, 0.3) is 33.7 Å². The Morgan fingerprint density at radius 3 is 2.20 bits per heavy atom. The van der Waals surface area contributed by atoms with E-state index in [1.165, 1.54) is 12.1 Å². The van der Waals surface area contributed by atoms with E-state index in [4.69, 9.17) is 9.15 Å². The number of hydrogen-bond acceptors (Lipinski definition) is 7. The average Bonchev–Trinajstić information content (AvgIpc) is 3.69. The largest absolute Gasteiger partial charge is 0.442 e. The Morgan fingerprint density at radius 2 is 1.62 bits per heavy atom. The lowest BCUT2D eigenvalue weighted by Gasteiger charge is -2.15. The van der Waals surface area contributed by atoms with Crippen molar-refractivity contribution in [1.82, 2.24) is 15.3 Å². The summed E-state index contributed by atoms with van der Waals surface area (Å²) >= 11 is 0. The van der Waals surface area contributed by atoms with Crippen LogP contribution in [0.1, 0.15) is 52.4 Å². The van der Waals surface area contributed by atoms with Gasteiger partial charge < -0.3 is 14.5 Å². The maximum atomic E-state index is 13.3. The minimum Gasteiger partial charge on any atom is -0.442 e. The first-order valence-corrected chi connectivity index (χ1v) is 15.1. The van der Waals surface area contributed by atoms with Crippen LogP contribution in [0.15, 0.2) is 77.3 Å². The zero-order chi connectivity index (χ0) is 36.0. The highest BCUT2D eigenvalue weighted by molar-refractivity contribution is 5.95. The van der Waals surface area contributed by atoms with E-state index in [0.717, 1.165) is 16.7 Å². The standard InChI is InChI=1S/C35H25F6N5O4/c1-18(2)27-9-19(14-42)10-28-30(27)50-32(45-28)21-5-3-20(4-6-21)31(47)44-16-26-17-46(33(48)49-26)29-8-7-22(15-43-29)23-11-24(34(36,37)38)13-25(12-23)35(39,40)41/h3-13,15,18,26H,16-17H2,1-2H3,(H,44,47). The molecule has 1 aliphatic heterocycles. The van der Waals surface area contributed by atoms with Gasteiger partial charge in [-0.2, -0.15) is 31.6 Å². The van der Waals surface area contributed by atoms with Gasteiger partial charge in [-0.05, 0) is 78.2 Å². The van der Waals surface area contributed by atoms with Crippen LogP contribution in [-0.2, 0) is 17.1 Å². The SMILES string of the molecule is CC(C)c1cc(C#N)cc2nc(-c3ccc(C(=O)NCC4CN(c5ccc(-c6cc(C(F)(F)F)cc(C(F)(F)F)c6)cn5)C(=O)O4)cc3)oc12. The molecule has 0 radical (unpaired) electrons. The number of fused-ring (bicyclic) bond motifs is 1. The van der Waals surface area contributed by atoms with E-state index in [9.17, 15) is 41.2 Å². The van der Waals surface area contributed by atoms with Crippen LogP contribution in [0.5, 0.6) is 0 Å². The lowest BCUT2D eigenvalue weighted by atomic mass is 10.00.